The molecule has 1 heterocycles. The molecule has 1 rings (SSSR count). The lowest BCUT2D eigenvalue weighted by Crippen LogP contribution is -2.40. The second kappa shape index (κ2) is 8.02. The van der Waals surface area contributed by atoms with Crippen molar-refractivity contribution in [1.29, 1.82) is 0 Å². The van der Waals surface area contributed by atoms with Gasteiger partial charge in [0.15, 0.2) is 0 Å². The second-order valence-corrected chi connectivity index (χ2v) is 6.26. The van der Waals surface area contributed by atoms with E-state index in [1.807, 2.05) is 6.92 Å². The molecule has 0 unspecified atom stereocenters. The van der Waals surface area contributed by atoms with Crippen LogP contribution in [-0.4, -0.2) is 46.5 Å². The van der Waals surface area contributed by atoms with Crippen molar-refractivity contribution in [2.24, 2.45) is 0 Å². The van der Waals surface area contributed by atoms with Crippen molar-refractivity contribution >= 4 is 10.0 Å². The summed E-state index contributed by atoms with van der Waals surface area (Å²) in [6.07, 6.45) is 3.20. The van der Waals surface area contributed by atoms with Crippen LogP contribution >= 0.6 is 0 Å². The summed E-state index contributed by atoms with van der Waals surface area (Å²) in [6.45, 7) is 5.20. The average molecular weight is 264 g/mol. The first-order valence-electron chi connectivity index (χ1n) is 6.42. The van der Waals surface area contributed by atoms with Crippen LogP contribution in [0.2, 0.25) is 0 Å². The van der Waals surface area contributed by atoms with Crippen LogP contribution in [0.15, 0.2) is 0 Å². The first kappa shape index (κ1) is 14.9. The monoisotopic (exact) mass is 264 g/mol. The van der Waals surface area contributed by atoms with E-state index in [2.05, 4.69) is 10.0 Å². The first-order chi connectivity index (χ1) is 8.14. The van der Waals surface area contributed by atoms with Gasteiger partial charge in [-0.15, -0.1) is 0 Å². The van der Waals surface area contributed by atoms with Gasteiger partial charge in [0, 0.05) is 19.3 Å². The van der Waals surface area contributed by atoms with Crippen LogP contribution in [0.1, 0.15) is 32.6 Å². The predicted octanol–water partition coefficient (Wildman–Crippen LogP) is 0.475. The second-order valence-electron chi connectivity index (χ2n) is 4.38. The molecule has 0 aromatic carbocycles. The van der Waals surface area contributed by atoms with E-state index in [1.165, 1.54) is 0 Å². The number of unbranched alkanes of at least 4 members (excludes halogenated alkanes) is 1. The number of sulfonamides is 1. The molecule has 0 radical (unpaired) electrons. The van der Waals surface area contributed by atoms with Crippen LogP contribution in [0.3, 0.4) is 0 Å². The third kappa shape index (κ3) is 6.98. The van der Waals surface area contributed by atoms with Gasteiger partial charge in [-0.25, -0.2) is 13.1 Å². The quantitative estimate of drug-likeness (QED) is 0.626. The van der Waals surface area contributed by atoms with Crippen molar-refractivity contribution in [2.75, 3.05) is 32.1 Å². The van der Waals surface area contributed by atoms with E-state index in [4.69, 9.17) is 4.74 Å². The first-order valence-corrected chi connectivity index (χ1v) is 8.08. The van der Waals surface area contributed by atoms with Crippen LogP contribution in [-0.2, 0) is 14.8 Å². The number of hydrogen-bond donors (Lipinski definition) is 2. The summed E-state index contributed by atoms with van der Waals surface area (Å²) in [4.78, 5) is 0. The molecule has 0 amide bonds. The largest absolute Gasteiger partial charge is 0.381 e. The number of nitrogens with one attached hydrogen (secondary N) is 2. The van der Waals surface area contributed by atoms with E-state index in [1.54, 1.807) is 0 Å². The predicted molar refractivity (Wildman–Crippen MR) is 68.5 cm³/mol. The summed E-state index contributed by atoms with van der Waals surface area (Å²) in [5, 5.41) is 3.18. The minimum absolute atomic E-state index is 0.0718. The van der Waals surface area contributed by atoms with Gasteiger partial charge in [-0.3, -0.25) is 0 Å². The summed E-state index contributed by atoms with van der Waals surface area (Å²) in [5.41, 5.74) is 0. The highest BCUT2D eigenvalue weighted by Crippen LogP contribution is 2.08. The lowest BCUT2D eigenvalue weighted by atomic mass is 10.1. The van der Waals surface area contributed by atoms with Crippen molar-refractivity contribution < 1.29 is 13.2 Å². The average Bonchev–Trinajstić information content (AvgIpc) is 2.29. The normalized spacial score (nSPS) is 18.4. The van der Waals surface area contributed by atoms with Gasteiger partial charge in [0.2, 0.25) is 10.0 Å². The van der Waals surface area contributed by atoms with Gasteiger partial charge in [-0.05, 0) is 38.8 Å². The van der Waals surface area contributed by atoms with E-state index in [0.717, 1.165) is 32.4 Å². The zero-order valence-corrected chi connectivity index (χ0v) is 11.4. The van der Waals surface area contributed by atoms with Gasteiger partial charge in [0.05, 0.1) is 5.75 Å². The fourth-order valence-electron chi connectivity index (χ4n) is 1.85. The smallest absolute Gasteiger partial charge is 0.211 e. The molecule has 0 aliphatic carbocycles. The van der Waals surface area contributed by atoms with E-state index in [-0.39, 0.29) is 11.8 Å². The molecule has 0 aromatic rings. The van der Waals surface area contributed by atoms with E-state index < -0.39 is 10.0 Å². The van der Waals surface area contributed by atoms with Gasteiger partial charge in [-0.2, -0.15) is 0 Å². The molecular formula is C11H24N2O3S. The summed E-state index contributed by atoms with van der Waals surface area (Å²) in [7, 11) is -3.10. The highest BCUT2D eigenvalue weighted by Gasteiger charge is 2.19. The Labute approximate surface area is 104 Å². The Morgan fingerprint density at radius 1 is 1.24 bits per heavy atom. The highest BCUT2D eigenvalue weighted by molar-refractivity contribution is 7.89. The molecule has 102 valence electrons. The third-order valence-electron chi connectivity index (χ3n) is 2.83. The maximum atomic E-state index is 11.8. The standard InChI is InChI=1S/C11H24N2O3S/c1-2-12-7-3-4-10-17(14,15)13-11-5-8-16-9-6-11/h11-13H,2-10H2,1H3. The van der Waals surface area contributed by atoms with Crippen LogP contribution in [0.25, 0.3) is 0 Å². The molecule has 0 saturated carbocycles. The van der Waals surface area contributed by atoms with Gasteiger partial charge >= 0.3 is 0 Å². The molecule has 0 aromatic heterocycles. The lowest BCUT2D eigenvalue weighted by molar-refractivity contribution is 0.0832. The summed E-state index contributed by atoms with van der Waals surface area (Å²) < 4.78 is 31.5. The van der Waals surface area contributed by atoms with Gasteiger partial charge < -0.3 is 10.1 Å². The van der Waals surface area contributed by atoms with E-state index in [9.17, 15) is 8.42 Å². The summed E-state index contributed by atoms with van der Waals surface area (Å²) >= 11 is 0. The zero-order valence-electron chi connectivity index (χ0n) is 10.6. The summed E-state index contributed by atoms with van der Waals surface area (Å²) in [5.74, 6) is 0.232. The molecule has 0 spiro atoms. The topological polar surface area (TPSA) is 67.4 Å². The van der Waals surface area contributed by atoms with Crippen LogP contribution < -0.4 is 10.0 Å². The van der Waals surface area contributed by atoms with E-state index >= 15 is 0 Å². The maximum Gasteiger partial charge on any atom is 0.211 e. The molecule has 1 aliphatic heterocycles. The van der Waals surface area contributed by atoms with Gasteiger partial charge in [0.1, 0.15) is 0 Å². The molecule has 0 atom stereocenters. The van der Waals surface area contributed by atoms with E-state index in [0.29, 0.717) is 19.6 Å². The van der Waals surface area contributed by atoms with Crippen LogP contribution in [0, 0.1) is 0 Å². The van der Waals surface area contributed by atoms with Crippen molar-refractivity contribution in [1.82, 2.24) is 10.0 Å². The molecule has 1 saturated heterocycles. The Morgan fingerprint density at radius 3 is 2.59 bits per heavy atom. The van der Waals surface area contributed by atoms with Crippen LogP contribution in [0.4, 0.5) is 0 Å². The molecule has 6 heteroatoms. The molecule has 1 fully saturated rings. The fraction of sp³-hybridized carbons (Fsp3) is 1.00. The highest BCUT2D eigenvalue weighted by atomic mass is 32.2. The zero-order chi connectivity index (χ0) is 12.6. The Bertz CT molecular complexity index is 287. The number of rotatable bonds is 8. The fourth-order valence-corrected chi connectivity index (χ4v) is 3.29. The molecule has 17 heavy (non-hydrogen) atoms. The molecular weight excluding hydrogens is 240 g/mol. The van der Waals surface area contributed by atoms with Crippen molar-refractivity contribution in [3.05, 3.63) is 0 Å². The van der Waals surface area contributed by atoms with Crippen molar-refractivity contribution in [2.45, 2.75) is 38.6 Å². The lowest BCUT2D eigenvalue weighted by Gasteiger charge is -2.22. The molecule has 0 bridgehead atoms. The van der Waals surface area contributed by atoms with Crippen molar-refractivity contribution in [3.63, 3.8) is 0 Å². The molecule has 2 N–H and O–H groups in total. The minimum atomic E-state index is -3.10. The number of ether oxygens (including phenoxy) is 1. The van der Waals surface area contributed by atoms with Gasteiger partial charge in [0.25, 0.3) is 0 Å². The molecule has 1 aliphatic rings. The minimum Gasteiger partial charge on any atom is -0.381 e. The Kier molecular flexibility index (Phi) is 7.03. The van der Waals surface area contributed by atoms with Crippen LogP contribution in [0.5, 0.6) is 0 Å². The third-order valence-corrected chi connectivity index (χ3v) is 4.35. The van der Waals surface area contributed by atoms with Gasteiger partial charge in [-0.1, -0.05) is 6.92 Å². The Morgan fingerprint density at radius 2 is 1.94 bits per heavy atom. The van der Waals surface area contributed by atoms with Crippen molar-refractivity contribution in [3.8, 4) is 0 Å². The maximum absolute atomic E-state index is 11.8. The summed E-state index contributed by atoms with van der Waals surface area (Å²) in [6, 6.07) is 0.0718. The number of hydrogen-bond acceptors (Lipinski definition) is 4. The SMILES string of the molecule is CCNCCCCS(=O)(=O)NC1CCOCC1. The molecule has 5 nitrogen and oxygen atoms in total. The Balaban J connectivity index is 2.16. The Hall–Kier alpha value is -0.170.